The maximum absolute atomic E-state index is 9.94. The molecule has 0 bridgehead atoms. The number of rotatable bonds is 2. The highest BCUT2D eigenvalue weighted by Crippen LogP contribution is 1.86. The van der Waals surface area contributed by atoms with Gasteiger partial charge in [-0.3, -0.25) is 9.68 Å². The second-order valence-electron chi connectivity index (χ2n) is 1.91. The predicted octanol–water partition coefficient (Wildman–Crippen LogP) is 1.06. The number of hydrogen-bond donors (Lipinski definition) is 2. The first-order valence-corrected chi connectivity index (χ1v) is 3.18. The molecule has 0 aliphatic rings. The molecule has 0 unspecified atom stereocenters. The summed E-state index contributed by atoms with van der Waals surface area (Å²) in [5.41, 5.74) is 0.183. The molecular formula is C7H12O5. The van der Waals surface area contributed by atoms with Crippen LogP contribution in [0.2, 0.25) is 0 Å². The van der Waals surface area contributed by atoms with Gasteiger partial charge in [-0.15, -0.1) is 0 Å². The number of hydrogen-bond acceptors (Lipinski definition) is 4. The Hall–Kier alpha value is -1.36. The molecule has 0 atom stereocenters. The van der Waals surface area contributed by atoms with Crippen molar-refractivity contribution in [2.24, 2.45) is 0 Å². The first-order chi connectivity index (χ1) is 5.45. The summed E-state index contributed by atoms with van der Waals surface area (Å²) in [7, 11) is 0. The van der Waals surface area contributed by atoms with Crippen LogP contribution in [-0.4, -0.2) is 22.3 Å². The fourth-order valence-corrected chi connectivity index (χ4v) is 0.0779. The third-order valence-electron chi connectivity index (χ3n) is 0.734. The zero-order valence-corrected chi connectivity index (χ0v) is 7.03. The van der Waals surface area contributed by atoms with Crippen LogP contribution in [0.3, 0.4) is 0 Å². The van der Waals surface area contributed by atoms with Crippen molar-refractivity contribution in [2.45, 2.75) is 20.3 Å². The Morgan fingerprint density at radius 3 is 1.83 bits per heavy atom. The first kappa shape index (κ1) is 13.2. The monoisotopic (exact) mass is 176 g/mol. The Bertz CT molecular complexity index is 173. The van der Waals surface area contributed by atoms with Crippen LogP contribution in [0.4, 0.5) is 0 Å². The van der Waals surface area contributed by atoms with E-state index in [4.69, 9.17) is 10.4 Å². The normalized spacial score (nSPS) is 7.58. The summed E-state index contributed by atoms with van der Waals surface area (Å²) in [5.74, 6) is -1.54. The number of carboxylic acid groups (broad SMARTS) is 1. The highest BCUT2D eigenvalue weighted by molar-refractivity contribution is 5.86. The average Bonchev–Trinajstić information content (AvgIpc) is 2.04. The topological polar surface area (TPSA) is 83.8 Å². The SMILES string of the molecule is C=C(C)C(=O)OO.CCC(=O)O. The lowest BCUT2D eigenvalue weighted by Gasteiger charge is -1.88. The smallest absolute Gasteiger partial charge is 0.367 e. The molecule has 0 aromatic carbocycles. The van der Waals surface area contributed by atoms with Crippen molar-refractivity contribution in [3.8, 4) is 0 Å². The van der Waals surface area contributed by atoms with E-state index in [1.165, 1.54) is 6.92 Å². The highest BCUT2D eigenvalue weighted by Gasteiger charge is 1.98. The van der Waals surface area contributed by atoms with Gasteiger partial charge in [0, 0.05) is 12.0 Å². The minimum absolute atomic E-state index is 0.183. The molecule has 0 aliphatic carbocycles. The van der Waals surface area contributed by atoms with Crippen molar-refractivity contribution in [1.82, 2.24) is 0 Å². The Labute approximate surface area is 70.2 Å². The predicted molar refractivity (Wildman–Crippen MR) is 41.5 cm³/mol. The second-order valence-corrected chi connectivity index (χ2v) is 1.91. The van der Waals surface area contributed by atoms with Crippen molar-refractivity contribution in [1.29, 1.82) is 0 Å². The van der Waals surface area contributed by atoms with E-state index >= 15 is 0 Å². The molecule has 12 heavy (non-hydrogen) atoms. The van der Waals surface area contributed by atoms with Crippen LogP contribution in [0.15, 0.2) is 12.2 Å². The van der Waals surface area contributed by atoms with E-state index in [9.17, 15) is 9.59 Å². The van der Waals surface area contributed by atoms with Crippen LogP contribution in [0, 0.1) is 0 Å². The Kier molecular flexibility index (Phi) is 8.55. The highest BCUT2D eigenvalue weighted by atomic mass is 17.1. The van der Waals surface area contributed by atoms with Crippen molar-refractivity contribution in [3.05, 3.63) is 12.2 Å². The molecule has 0 aliphatic heterocycles. The van der Waals surface area contributed by atoms with Gasteiger partial charge < -0.3 is 5.11 Å². The molecule has 0 heterocycles. The number of carbonyl (C=O) groups excluding carboxylic acids is 1. The third-order valence-corrected chi connectivity index (χ3v) is 0.734. The van der Waals surface area contributed by atoms with E-state index in [0.29, 0.717) is 0 Å². The van der Waals surface area contributed by atoms with E-state index in [-0.39, 0.29) is 12.0 Å². The van der Waals surface area contributed by atoms with Crippen LogP contribution in [-0.2, 0) is 14.5 Å². The fraction of sp³-hybridized carbons (Fsp3) is 0.429. The van der Waals surface area contributed by atoms with Crippen molar-refractivity contribution < 1.29 is 24.8 Å². The van der Waals surface area contributed by atoms with Crippen LogP contribution in [0.25, 0.3) is 0 Å². The van der Waals surface area contributed by atoms with Gasteiger partial charge in [-0.2, -0.15) is 5.26 Å². The zero-order chi connectivity index (χ0) is 10.1. The molecular weight excluding hydrogens is 164 g/mol. The molecule has 0 rings (SSSR count). The molecule has 0 amide bonds. The second kappa shape index (κ2) is 7.74. The number of carboxylic acids is 1. The molecule has 0 saturated heterocycles. The van der Waals surface area contributed by atoms with Gasteiger partial charge in [-0.1, -0.05) is 13.5 Å². The summed E-state index contributed by atoms with van der Waals surface area (Å²) in [5, 5.41) is 15.3. The molecule has 0 radical (unpaired) electrons. The van der Waals surface area contributed by atoms with Crippen LogP contribution < -0.4 is 0 Å². The van der Waals surface area contributed by atoms with E-state index in [1.807, 2.05) is 0 Å². The zero-order valence-electron chi connectivity index (χ0n) is 7.03. The summed E-state index contributed by atoms with van der Waals surface area (Å²) < 4.78 is 0. The van der Waals surface area contributed by atoms with Gasteiger partial charge in [0.25, 0.3) is 0 Å². The van der Waals surface area contributed by atoms with Gasteiger partial charge in [0.15, 0.2) is 0 Å². The fourth-order valence-electron chi connectivity index (χ4n) is 0.0779. The summed E-state index contributed by atoms with van der Waals surface area (Å²) in [6.45, 7) is 6.23. The van der Waals surface area contributed by atoms with Crippen LogP contribution in [0.5, 0.6) is 0 Å². The van der Waals surface area contributed by atoms with E-state index in [2.05, 4.69) is 11.5 Å². The maximum atomic E-state index is 9.94. The minimum Gasteiger partial charge on any atom is -0.481 e. The molecule has 0 aromatic heterocycles. The molecule has 5 nitrogen and oxygen atoms in total. The van der Waals surface area contributed by atoms with Crippen molar-refractivity contribution >= 4 is 11.9 Å². The molecule has 0 saturated carbocycles. The standard InChI is InChI=1S/C4H6O3.C3H6O2/c1-3(2)4(5)7-6;1-2-3(4)5/h6H,1H2,2H3;2H2,1H3,(H,4,5). The molecule has 5 heteroatoms. The van der Waals surface area contributed by atoms with Crippen LogP contribution in [0.1, 0.15) is 20.3 Å². The summed E-state index contributed by atoms with van der Waals surface area (Å²) >= 11 is 0. The van der Waals surface area contributed by atoms with Gasteiger partial charge in [0.1, 0.15) is 0 Å². The third kappa shape index (κ3) is 11.4. The minimum atomic E-state index is -0.792. The number of aliphatic carboxylic acids is 1. The van der Waals surface area contributed by atoms with Gasteiger partial charge in [-0.05, 0) is 6.92 Å². The number of carbonyl (C=O) groups is 2. The molecule has 0 aromatic rings. The molecule has 0 spiro atoms. The van der Waals surface area contributed by atoms with Gasteiger partial charge >= 0.3 is 11.9 Å². The lowest BCUT2D eigenvalue weighted by atomic mass is 10.4. The summed E-state index contributed by atoms with van der Waals surface area (Å²) in [6, 6.07) is 0. The van der Waals surface area contributed by atoms with Gasteiger partial charge in [-0.25, -0.2) is 4.79 Å². The Morgan fingerprint density at radius 2 is 1.83 bits per heavy atom. The van der Waals surface area contributed by atoms with Crippen LogP contribution >= 0.6 is 0 Å². The lowest BCUT2D eigenvalue weighted by molar-refractivity contribution is -0.229. The maximum Gasteiger partial charge on any atom is 0.367 e. The van der Waals surface area contributed by atoms with Gasteiger partial charge in [0.05, 0.1) is 0 Å². The molecule has 70 valence electrons. The van der Waals surface area contributed by atoms with Crippen molar-refractivity contribution in [2.75, 3.05) is 0 Å². The largest absolute Gasteiger partial charge is 0.481 e. The molecule has 0 fully saturated rings. The first-order valence-electron chi connectivity index (χ1n) is 3.18. The summed E-state index contributed by atoms with van der Waals surface area (Å²) in [6.07, 6.45) is 0.222. The quantitative estimate of drug-likeness (QED) is 0.373. The van der Waals surface area contributed by atoms with E-state index < -0.39 is 11.9 Å². The van der Waals surface area contributed by atoms with Gasteiger partial charge in [0.2, 0.25) is 0 Å². The summed E-state index contributed by atoms with van der Waals surface area (Å²) in [4.78, 5) is 22.6. The Balaban J connectivity index is 0. The van der Waals surface area contributed by atoms with E-state index in [0.717, 1.165) is 0 Å². The van der Waals surface area contributed by atoms with Crippen molar-refractivity contribution in [3.63, 3.8) is 0 Å². The average molecular weight is 176 g/mol. The van der Waals surface area contributed by atoms with E-state index in [1.54, 1.807) is 6.92 Å². The lowest BCUT2D eigenvalue weighted by Crippen LogP contribution is -1.99. The molecule has 2 N–H and O–H groups in total. The Morgan fingerprint density at radius 1 is 1.50 bits per heavy atom.